The van der Waals surface area contributed by atoms with Crippen molar-refractivity contribution in [1.29, 1.82) is 0 Å². The van der Waals surface area contributed by atoms with Gasteiger partial charge >= 0.3 is 0 Å². The highest BCUT2D eigenvalue weighted by Gasteiger charge is 2.19. The van der Waals surface area contributed by atoms with E-state index in [2.05, 4.69) is 51.2 Å². The maximum Gasteiger partial charge on any atom is 0.0285 e. The molecular weight excluding hydrogens is 226 g/mol. The third-order valence-electron chi connectivity index (χ3n) is 2.46. The molecule has 0 aromatic heterocycles. The summed E-state index contributed by atoms with van der Waals surface area (Å²) >= 11 is 3.65. The van der Waals surface area contributed by atoms with E-state index in [1.54, 1.807) is 0 Å². The van der Waals surface area contributed by atoms with Gasteiger partial charge in [0.1, 0.15) is 0 Å². The minimum absolute atomic E-state index is 0.705. The predicted octanol–water partition coefficient (Wildman–Crippen LogP) is 2.66. The second-order valence-electron chi connectivity index (χ2n) is 3.61. The zero-order chi connectivity index (χ0) is 9.10. The highest BCUT2D eigenvalue weighted by molar-refractivity contribution is 9.09. The number of halogens is 1. The van der Waals surface area contributed by atoms with E-state index in [1.165, 1.54) is 25.1 Å². The highest BCUT2D eigenvalue weighted by Crippen LogP contribution is 2.18. The SMILES string of the molecule is BrC1CCN(Cc2ccccc2)C1. The van der Waals surface area contributed by atoms with Gasteiger partial charge in [0.25, 0.3) is 0 Å². The average Bonchev–Trinajstić information content (AvgIpc) is 2.53. The molecule has 1 fully saturated rings. The fourth-order valence-electron chi connectivity index (χ4n) is 1.77. The van der Waals surface area contributed by atoms with Crippen LogP contribution in [0.1, 0.15) is 12.0 Å². The van der Waals surface area contributed by atoms with Crippen LogP contribution in [0.3, 0.4) is 0 Å². The molecule has 1 nitrogen and oxygen atoms in total. The van der Waals surface area contributed by atoms with Crippen LogP contribution in [-0.2, 0) is 6.54 Å². The fourth-order valence-corrected chi connectivity index (χ4v) is 2.38. The lowest BCUT2D eigenvalue weighted by Crippen LogP contribution is -2.19. The number of rotatable bonds is 2. The Morgan fingerprint density at radius 3 is 2.69 bits per heavy atom. The van der Waals surface area contributed by atoms with Crippen molar-refractivity contribution in [2.45, 2.75) is 17.8 Å². The minimum atomic E-state index is 0.705. The maximum atomic E-state index is 3.65. The van der Waals surface area contributed by atoms with Crippen molar-refractivity contribution in [3.63, 3.8) is 0 Å². The molecule has 1 atom stereocenters. The zero-order valence-corrected chi connectivity index (χ0v) is 9.20. The van der Waals surface area contributed by atoms with Crippen LogP contribution in [0.5, 0.6) is 0 Å². The molecule has 1 heterocycles. The topological polar surface area (TPSA) is 3.24 Å². The van der Waals surface area contributed by atoms with E-state index < -0.39 is 0 Å². The average molecular weight is 240 g/mol. The van der Waals surface area contributed by atoms with E-state index in [9.17, 15) is 0 Å². The van der Waals surface area contributed by atoms with Crippen LogP contribution in [-0.4, -0.2) is 22.8 Å². The number of nitrogens with zero attached hydrogens (tertiary/aromatic N) is 1. The lowest BCUT2D eigenvalue weighted by atomic mass is 10.2. The minimum Gasteiger partial charge on any atom is -0.298 e. The van der Waals surface area contributed by atoms with Crippen molar-refractivity contribution in [1.82, 2.24) is 4.90 Å². The Kier molecular flexibility index (Phi) is 3.01. The molecule has 1 unspecified atom stereocenters. The van der Waals surface area contributed by atoms with Crippen molar-refractivity contribution < 1.29 is 0 Å². The van der Waals surface area contributed by atoms with E-state index in [0.717, 1.165) is 6.54 Å². The fraction of sp³-hybridized carbons (Fsp3) is 0.455. The predicted molar refractivity (Wildman–Crippen MR) is 59.1 cm³/mol. The van der Waals surface area contributed by atoms with Crippen LogP contribution in [0.25, 0.3) is 0 Å². The smallest absolute Gasteiger partial charge is 0.0285 e. The lowest BCUT2D eigenvalue weighted by molar-refractivity contribution is 0.332. The summed E-state index contributed by atoms with van der Waals surface area (Å²) in [5.74, 6) is 0. The molecule has 1 saturated heterocycles. The summed E-state index contributed by atoms with van der Waals surface area (Å²) < 4.78 is 0. The molecule has 1 aromatic carbocycles. The maximum absolute atomic E-state index is 3.65. The van der Waals surface area contributed by atoms with Crippen molar-refractivity contribution in [2.24, 2.45) is 0 Å². The first-order valence-corrected chi connectivity index (χ1v) is 5.66. The van der Waals surface area contributed by atoms with E-state index in [1.807, 2.05) is 0 Å². The largest absolute Gasteiger partial charge is 0.298 e. The Labute approximate surface area is 87.9 Å². The van der Waals surface area contributed by atoms with E-state index >= 15 is 0 Å². The van der Waals surface area contributed by atoms with Gasteiger partial charge in [0.05, 0.1) is 0 Å². The summed E-state index contributed by atoms with van der Waals surface area (Å²) in [6, 6.07) is 10.7. The van der Waals surface area contributed by atoms with Crippen LogP contribution in [0.4, 0.5) is 0 Å². The molecule has 0 radical (unpaired) electrons. The second-order valence-corrected chi connectivity index (χ2v) is 4.90. The van der Waals surface area contributed by atoms with E-state index in [-0.39, 0.29) is 0 Å². The molecule has 0 spiro atoms. The van der Waals surface area contributed by atoms with Gasteiger partial charge < -0.3 is 0 Å². The zero-order valence-electron chi connectivity index (χ0n) is 7.62. The number of hydrogen-bond donors (Lipinski definition) is 0. The monoisotopic (exact) mass is 239 g/mol. The van der Waals surface area contributed by atoms with Gasteiger partial charge in [0, 0.05) is 17.9 Å². The normalized spacial score (nSPS) is 23.6. The molecule has 0 N–H and O–H groups in total. The summed E-state index contributed by atoms with van der Waals surface area (Å²) in [6.45, 7) is 3.52. The number of hydrogen-bond acceptors (Lipinski definition) is 1. The Hall–Kier alpha value is -0.340. The molecule has 0 bridgehead atoms. The molecule has 70 valence electrons. The Morgan fingerprint density at radius 2 is 2.08 bits per heavy atom. The van der Waals surface area contributed by atoms with Gasteiger partial charge in [-0.05, 0) is 18.5 Å². The number of likely N-dealkylation sites (tertiary alicyclic amines) is 1. The summed E-state index contributed by atoms with van der Waals surface area (Å²) in [5.41, 5.74) is 1.42. The van der Waals surface area contributed by atoms with Crippen molar-refractivity contribution in [3.05, 3.63) is 35.9 Å². The van der Waals surface area contributed by atoms with Crippen LogP contribution in [0, 0.1) is 0 Å². The summed E-state index contributed by atoms with van der Waals surface area (Å²) in [4.78, 5) is 3.20. The number of alkyl halides is 1. The van der Waals surface area contributed by atoms with Gasteiger partial charge in [-0.15, -0.1) is 0 Å². The molecule has 2 rings (SSSR count). The van der Waals surface area contributed by atoms with Crippen molar-refractivity contribution >= 4 is 15.9 Å². The summed E-state index contributed by atoms with van der Waals surface area (Å²) in [7, 11) is 0. The van der Waals surface area contributed by atoms with Gasteiger partial charge in [0.15, 0.2) is 0 Å². The van der Waals surface area contributed by atoms with Crippen LogP contribution in [0.2, 0.25) is 0 Å². The van der Waals surface area contributed by atoms with E-state index in [0.29, 0.717) is 4.83 Å². The molecule has 1 aliphatic heterocycles. The van der Waals surface area contributed by atoms with Crippen molar-refractivity contribution in [3.8, 4) is 0 Å². The lowest BCUT2D eigenvalue weighted by Gasteiger charge is -2.14. The van der Waals surface area contributed by atoms with Gasteiger partial charge in [-0.1, -0.05) is 46.3 Å². The van der Waals surface area contributed by atoms with Crippen LogP contribution < -0.4 is 0 Å². The molecule has 2 heteroatoms. The summed E-state index contributed by atoms with van der Waals surface area (Å²) in [6.07, 6.45) is 1.28. The molecule has 1 aromatic rings. The molecule has 0 saturated carbocycles. The van der Waals surface area contributed by atoms with Gasteiger partial charge in [-0.3, -0.25) is 4.90 Å². The first kappa shape index (κ1) is 9.22. The standard InChI is InChI=1S/C11H14BrN/c12-11-6-7-13(9-11)8-10-4-2-1-3-5-10/h1-5,11H,6-9H2. The molecule has 0 amide bonds. The molecule has 13 heavy (non-hydrogen) atoms. The van der Waals surface area contributed by atoms with E-state index in [4.69, 9.17) is 0 Å². The summed E-state index contributed by atoms with van der Waals surface area (Å²) in [5, 5.41) is 0. The van der Waals surface area contributed by atoms with Crippen LogP contribution >= 0.6 is 15.9 Å². The highest BCUT2D eigenvalue weighted by atomic mass is 79.9. The van der Waals surface area contributed by atoms with Crippen LogP contribution in [0.15, 0.2) is 30.3 Å². The molecule has 0 aliphatic carbocycles. The Bertz CT molecular complexity index is 260. The molecule has 1 aliphatic rings. The second kappa shape index (κ2) is 4.25. The third-order valence-corrected chi connectivity index (χ3v) is 3.21. The van der Waals surface area contributed by atoms with Gasteiger partial charge in [-0.25, -0.2) is 0 Å². The first-order valence-electron chi connectivity index (χ1n) is 4.75. The Morgan fingerprint density at radius 1 is 1.31 bits per heavy atom. The first-order chi connectivity index (χ1) is 6.34. The van der Waals surface area contributed by atoms with Gasteiger partial charge in [-0.2, -0.15) is 0 Å². The Balaban J connectivity index is 1.92. The molecular formula is C11H14BrN. The number of benzene rings is 1. The van der Waals surface area contributed by atoms with Crippen molar-refractivity contribution in [2.75, 3.05) is 13.1 Å². The third kappa shape index (κ3) is 2.55. The quantitative estimate of drug-likeness (QED) is 0.718. The van der Waals surface area contributed by atoms with Gasteiger partial charge in [0.2, 0.25) is 0 Å².